The summed E-state index contributed by atoms with van der Waals surface area (Å²) in [6, 6.07) is 5.75. The second-order valence-corrected chi connectivity index (χ2v) is 5.06. The van der Waals surface area contributed by atoms with Gasteiger partial charge in [-0.15, -0.1) is 0 Å². The van der Waals surface area contributed by atoms with E-state index in [1.54, 1.807) is 6.07 Å². The van der Waals surface area contributed by atoms with Crippen LogP contribution in [0.25, 0.3) is 0 Å². The van der Waals surface area contributed by atoms with Crippen LogP contribution in [0.4, 0.5) is 0 Å². The molecule has 0 saturated carbocycles. The molecule has 0 fully saturated rings. The fourth-order valence-electron chi connectivity index (χ4n) is 1.55. The lowest BCUT2D eigenvalue weighted by Crippen LogP contribution is -3.00. The molecule has 0 saturated heterocycles. The molecular formula is C12H16Cl2IN. The van der Waals surface area contributed by atoms with Crippen molar-refractivity contribution >= 4 is 23.2 Å². The highest BCUT2D eigenvalue weighted by molar-refractivity contribution is 6.42. The molecule has 4 heteroatoms. The number of hydrogen-bond donors (Lipinski definition) is 0. The Morgan fingerprint density at radius 1 is 1.31 bits per heavy atom. The van der Waals surface area contributed by atoms with Crippen LogP contribution in [-0.2, 0) is 6.54 Å². The van der Waals surface area contributed by atoms with Gasteiger partial charge in [-0.25, -0.2) is 0 Å². The third-order valence-electron chi connectivity index (χ3n) is 2.25. The molecule has 90 valence electrons. The SMILES string of the molecule is C=CC[N+](C)(C)Cc1cccc(Cl)c1Cl.[I-]. The second kappa shape index (κ2) is 6.84. The maximum atomic E-state index is 6.13. The van der Waals surface area contributed by atoms with E-state index in [9.17, 15) is 0 Å². The van der Waals surface area contributed by atoms with Gasteiger partial charge in [-0.3, -0.25) is 0 Å². The van der Waals surface area contributed by atoms with Gasteiger partial charge in [-0.05, 0) is 12.1 Å². The molecular weight excluding hydrogens is 356 g/mol. The highest BCUT2D eigenvalue weighted by Crippen LogP contribution is 2.27. The summed E-state index contributed by atoms with van der Waals surface area (Å²) in [4.78, 5) is 0. The number of benzene rings is 1. The van der Waals surface area contributed by atoms with Crippen LogP contribution in [0.1, 0.15) is 5.56 Å². The highest BCUT2D eigenvalue weighted by atomic mass is 127. The molecule has 1 aromatic carbocycles. The first-order chi connectivity index (χ1) is 6.96. The van der Waals surface area contributed by atoms with Crippen molar-refractivity contribution in [3.63, 3.8) is 0 Å². The van der Waals surface area contributed by atoms with Crippen LogP contribution < -0.4 is 24.0 Å². The number of rotatable bonds is 4. The van der Waals surface area contributed by atoms with Crippen molar-refractivity contribution in [2.24, 2.45) is 0 Å². The van der Waals surface area contributed by atoms with Crippen LogP contribution in [-0.4, -0.2) is 25.1 Å². The van der Waals surface area contributed by atoms with Crippen molar-refractivity contribution in [2.45, 2.75) is 6.54 Å². The number of hydrogen-bond acceptors (Lipinski definition) is 0. The topological polar surface area (TPSA) is 0 Å². The zero-order chi connectivity index (χ0) is 11.5. The van der Waals surface area contributed by atoms with E-state index in [1.165, 1.54) is 0 Å². The van der Waals surface area contributed by atoms with E-state index in [-0.39, 0.29) is 24.0 Å². The van der Waals surface area contributed by atoms with Crippen molar-refractivity contribution in [3.05, 3.63) is 46.5 Å². The van der Waals surface area contributed by atoms with Crippen LogP contribution in [0.15, 0.2) is 30.9 Å². The van der Waals surface area contributed by atoms with E-state index in [2.05, 4.69) is 20.7 Å². The predicted molar refractivity (Wildman–Crippen MR) is 67.3 cm³/mol. The fourth-order valence-corrected chi connectivity index (χ4v) is 1.93. The van der Waals surface area contributed by atoms with E-state index in [1.807, 2.05) is 18.2 Å². The molecule has 0 aromatic heterocycles. The highest BCUT2D eigenvalue weighted by Gasteiger charge is 2.16. The van der Waals surface area contributed by atoms with Gasteiger partial charge in [0.25, 0.3) is 0 Å². The third kappa shape index (κ3) is 4.62. The van der Waals surface area contributed by atoms with Crippen LogP contribution in [0.5, 0.6) is 0 Å². The molecule has 0 amide bonds. The molecule has 16 heavy (non-hydrogen) atoms. The summed E-state index contributed by atoms with van der Waals surface area (Å²) >= 11 is 12.1. The average Bonchev–Trinajstić information content (AvgIpc) is 2.12. The van der Waals surface area contributed by atoms with E-state index in [0.717, 1.165) is 23.1 Å². The monoisotopic (exact) mass is 371 g/mol. The first-order valence-electron chi connectivity index (χ1n) is 4.82. The van der Waals surface area contributed by atoms with E-state index < -0.39 is 0 Å². The first-order valence-corrected chi connectivity index (χ1v) is 5.57. The molecule has 1 rings (SSSR count). The molecule has 1 nitrogen and oxygen atoms in total. The molecule has 1 aromatic rings. The summed E-state index contributed by atoms with van der Waals surface area (Å²) in [7, 11) is 4.28. The smallest absolute Gasteiger partial charge is 0.106 e. The minimum atomic E-state index is 0. The first kappa shape index (κ1) is 16.2. The third-order valence-corrected chi connectivity index (χ3v) is 3.11. The normalized spacial score (nSPS) is 10.8. The van der Waals surface area contributed by atoms with Gasteiger partial charge in [0.15, 0.2) is 0 Å². The molecule has 0 unspecified atom stereocenters. The van der Waals surface area contributed by atoms with E-state index in [0.29, 0.717) is 10.0 Å². The van der Waals surface area contributed by atoms with Crippen LogP contribution in [0.3, 0.4) is 0 Å². The summed E-state index contributed by atoms with van der Waals surface area (Å²) in [6.07, 6.45) is 1.92. The molecule has 0 heterocycles. The quantitative estimate of drug-likeness (QED) is 0.416. The lowest BCUT2D eigenvalue weighted by Gasteiger charge is -2.28. The summed E-state index contributed by atoms with van der Waals surface area (Å²) in [6.45, 7) is 5.51. The Labute approximate surface area is 125 Å². The van der Waals surface area contributed by atoms with Crippen molar-refractivity contribution in [3.8, 4) is 0 Å². The standard InChI is InChI=1S/C12H16Cl2N.HI/c1-4-8-15(2,3)9-10-6-5-7-11(13)12(10)14;/h4-7H,1,8-9H2,2-3H3;1H/q+1;/p-1. The minimum Gasteiger partial charge on any atom is -1.00 e. The Bertz CT molecular complexity index is 364. The number of likely N-dealkylation sites (N-methyl/N-ethyl adjacent to an activating group) is 1. The van der Waals surface area contributed by atoms with Gasteiger partial charge < -0.3 is 28.5 Å². The maximum Gasteiger partial charge on any atom is 0.106 e. The van der Waals surface area contributed by atoms with Crippen molar-refractivity contribution in [2.75, 3.05) is 20.6 Å². The van der Waals surface area contributed by atoms with Crippen LogP contribution in [0, 0.1) is 0 Å². The van der Waals surface area contributed by atoms with Crippen molar-refractivity contribution in [1.82, 2.24) is 0 Å². The molecule has 0 aliphatic rings. The van der Waals surface area contributed by atoms with E-state index >= 15 is 0 Å². The van der Waals surface area contributed by atoms with Gasteiger partial charge in [-0.1, -0.05) is 41.9 Å². The van der Waals surface area contributed by atoms with Crippen LogP contribution in [0.2, 0.25) is 10.0 Å². The summed E-state index contributed by atoms with van der Waals surface area (Å²) in [5, 5.41) is 1.28. The Balaban J connectivity index is 0.00000225. The molecule has 0 atom stereocenters. The number of halogens is 3. The molecule has 0 aliphatic carbocycles. The largest absolute Gasteiger partial charge is 1.00 e. The average molecular weight is 372 g/mol. The lowest BCUT2D eigenvalue weighted by atomic mass is 10.2. The van der Waals surface area contributed by atoms with Crippen LogP contribution >= 0.6 is 23.2 Å². The number of nitrogens with zero attached hydrogens (tertiary/aromatic N) is 1. The molecule has 0 spiro atoms. The minimum absolute atomic E-state index is 0. The zero-order valence-electron chi connectivity index (χ0n) is 9.51. The summed E-state index contributed by atoms with van der Waals surface area (Å²) in [5.74, 6) is 0. The molecule has 0 aliphatic heterocycles. The molecule has 0 radical (unpaired) electrons. The van der Waals surface area contributed by atoms with Crippen molar-refractivity contribution < 1.29 is 28.5 Å². The Morgan fingerprint density at radius 3 is 2.50 bits per heavy atom. The van der Waals surface area contributed by atoms with Gasteiger partial charge >= 0.3 is 0 Å². The number of quaternary nitrogens is 1. The fraction of sp³-hybridized carbons (Fsp3) is 0.333. The Kier molecular flexibility index (Phi) is 6.94. The predicted octanol–water partition coefficient (Wildman–Crippen LogP) is 0.760. The Morgan fingerprint density at radius 2 is 1.94 bits per heavy atom. The maximum absolute atomic E-state index is 6.13. The zero-order valence-corrected chi connectivity index (χ0v) is 13.2. The summed E-state index contributed by atoms with van der Waals surface area (Å²) in [5.41, 5.74) is 1.08. The molecule has 0 bridgehead atoms. The van der Waals surface area contributed by atoms with Crippen molar-refractivity contribution in [1.29, 1.82) is 0 Å². The molecule has 0 N–H and O–H groups in total. The van der Waals surface area contributed by atoms with Gasteiger partial charge in [0.2, 0.25) is 0 Å². The summed E-state index contributed by atoms with van der Waals surface area (Å²) < 4.78 is 0.823. The van der Waals surface area contributed by atoms with Gasteiger partial charge in [0.05, 0.1) is 30.7 Å². The second-order valence-electron chi connectivity index (χ2n) is 4.28. The lowest BCUT2D eigenvalue weighted by molar-refractivity contribution is -0.897. The van der Waals surface area contributed by atoms with E-state index in [4.69, 9.17) is 23.2 Å². The van der Waals surface area contributed by atoms with Gasteiger partial charge in [0, 0.05) is 5.56 Å². The van der Waals surface area contributed by atoms with Gasteiger partial charge in [-0.2, -0.15) is 0 Å². The Hall–Kier alpha value is 0.230. The van der Waals surface area contributed by atoms with Gasteiger partial charge in [0.1, 0.15) is 6.54 Å².